The fourth-order valence-corrected chi connectivity index (χ4v) is 3.12. The van der Waals surface area contributed by atoms with E-state index in [0.29, 0.717) is 0 Å². The summed E-state index contributed by atoms with van der Waals surface area (Å²) in [6.45, 7) is 2.83. The van der Waals surface area contributed by atoms with Crippen molar-refractivity contribution >= 4 is 40.6 Å². The number of benzene rings is 1. The highest BCUT2D eigenvalue weighted by Crippen LogP contribution is 2.37. The molecule has 2 heterocycles. The number of hydrogen-bond donors (Lipinski definition) is 0. The van der Waals surface area contributed by atoms with Crippen molar-refractivity contribution in [3.63, 3.8) is 0 Å². The highest BCUT2D eigenvalue weighted by atomic mass is 35.5. The van der Waals surface area contributed by atoms with Gasteiger partial charge in [0.2, 0.25) is 0 Å². The molecule has 82 valence electrons. The summed E-state index contributed by atoms with van der Waals surface area (Å²) in [5, 5.41) is 9.14. The Kier molecular flexibility index (Phi) is 2.41. The molecule has 3 rings (SSSR count). The van der Waals surface area contributed by atoms with Crippen LogP contribution in [0.1, 0.15) is 6.92 Å². The number of thioether (sulfide) groups is 1. The zero-order valence-corrected chi connectivity index (χ0v) is 10.3. The van der Waals surface area contributed by atoms with Crippen molar-refractivity contribution < 1.29 is 0 Å². The summed E-state index contributed by atoms with van der Waals surface area (Å²) in [4.78, 5) is 3.44. The number of halogens is 1. The average Bonchev–Trinajstić information content (AvgIpc) is 2.28. The van der Waals surface area contributed by atoms with Crippen LogP contribution in [0.4, 0.5) is 5.69 Å². The van der Waals surface area contributed by atoms with E-state index in [-0.39, 0.29) is 0 Å². The summed E-state index contributed by atoms with van der Waals surface area (Å²) < 4.78 is 0. The summed E-state index contributed by atoms with van der Waals surface area (Å²) >= 11 is 7.76. The second-order valence-corrected chi connectivity index (χ2v) is 5.29. The summed E-state index contributed by atoms with van der Waals surface area (Å²) in [5.74, 6) is 1.90. The molecule has 1 aromatic carbocycles. The van der Waals surface area contributed by atoms with Crippen molar-refractivity contribution in [2.24, 2.45) is 10.2 Å². The van der Waals surface area contributed by atoms with Gasteiger partial charge in [-0.2, -0.15) is 5.10 Å². The molecular weight excluding hydrogens is 242 g/mol. The Hall–Kier alpha value is -1.00. The highest BCUT2D eigenvalue weighted by Gasteiger charge is 2.25. The molecular formula is C11H10ClN3S. The molecule has 0 N–H and O–H groups in total. The van der Waals surface area contributed by atoms with E-state index < -0.39 is 0 Å². The lowest BCUT2D eigenvalue weighted by atomic mass is 10.2. The van der Waals surface area contributed by atoms with Gasteiger partial charge in [0.05, 0.1) is 23.7 Å². The number of anilines is 1. The van der Waals surface area contributed by atoms with Crippen molar-refractivity contribution in [1.29, 1.82) is 0 Å². The summed E-state index contributed by atoms with van der Waals surface area (Å²) in [6.07, 6.45) is 0. The Morgan fingerprint density at radius 1 is 1.38 bits per heavy atom. The maximum atomic E-state index is 5.99. The molecule has 0 unspecified atom stereocenters. The summed E-state index contributed by atoms with van der Waals surface area (Å²) in [7, 11) is 0. The smallest absolute Gasteiger partial charge is 0.142 e. The van der Waals surface area contributed by atoms with E-state index in [2.05, 4.69) is 21.2 Å². The van der Waals surface area contributed by atoms with Gasteiger partial charge in [0.25, 0.3) is 0 Å². The minimum absolute atomic E-state index is 0.786. The lowest BCUT2D eigenvalue weighted by molar-refractivity contribution is 1.03. The van der Waals surface area contributed by atoms with Crippen molar-refractivity contribution in [3.05, 3.63) is 23.2 Å². The molecule has 0 atom stereocenters. The van der Waals surface area contributed by atoms with E-state index in [0.717, 1.165) is 28.9 Å². The van der Waals surface area contributed by atoms with Gasteiger partial charge in [0, 0.05) is 9.92 Å². The van der Waals surface area contributed by atoms with Gasteiger partial charge in [-0.15, -0.1) is 16.9 Å². The first-order valence-corrected chi connectivity index (χ1v) is 6.40. The van der Waals surface area contributed by atoms with Gasteiger partial charge in [-0.05, 0) is 25.1 Å². The molecule has 0 bridgehead atoms. The first-order chi connectivity index (χ1) is 7.74. The maximum Gasteiger partial charge on any atom is 0.142 e. The zero-order chi connectivity index (χ0) is 11.1. The molecule has 0 radical (unpaired) electrons. The third kappa shape index (κ3) is 1.62. The molecule has 2 aliphatic rings. The van der Waals surface area contributed by atoms with Crippen molar-refractivity contribution in [3.8, 4) is 0 Å². The van der Waals surface area contributed by atoms with Gasteiger partial charge >= 0.3 is 0 Å². The summed E-state index contributed by atoms with van der Waals surface area (Å²) in [5.41, 5.74) is 2.23. The Labute approximate surface area is 103 Å². The Balaban J connectivity index is 2.08. The normalized spacial score (nSPS) is 18.5. The van der Waals surface area contributed by atoms with E-state index in [9.17, 15) is 0 Å². The van der Waals surface area contributed by atoms with E-state index in [1.165, 1.54) is 10.6 Å². The van der Waals surface area contributed by atoms with Crippen LogP contribution in [0.3, 0.4) is 0 Å². The average molecular weight is 252 g/mol. The molecule has 5 heteroatoms. The number of hydrogen-bond acceptors (Lipinski definition) is 4. The lowest BCUT2D eigenvalue weighted by Crippen LogP contribution is -2.40. The van der Waals surface area contributed by atoms with Crippen molar-refractivity contribution in [1.82, 2.24) is 0 Å². The molecule has 3 nitrogen and oxygen atoms in total. The molecule has 0 amide bonds. The van der Waals surface area contributed by atoms with Crippen LogP contribution in [0, 0.1) is 0 Å². The SMILES string of the molecule is CC1=NN=C2CSc3cc(Cl)ccc3N2C1. The van der Waals surface area contributed by atoms with Crippen molar-refractivity contribution in [2.75, 3.05) is 17.2 Å². The monoisotopic (exact) mass is 251 g/mol. The van der Waals surface area contributed by atoms with Crippen LogP contribution in [0.2, 0.25) is 5.02 Å². The standard InChI is InChI=1S/C11H10ClN3S/c1-7-5-15-9-3-2-8(12)4-10(9)16-6-11(15)14-13-7/h2-4H,5-6H2,1H3. The first-order valence-electron chi connectivity index (χ1n) is 5.04. The quantitative estimate of drug-likeness (QED) is 0.709. The van der Waals surface area contributed by atoms with Crippen LogP contribution in [0.15, 0.2) is 33.3 Å². The second-order valence-electron chi connectivity index (χ2n) is 3.84. The highest BCUT2D eigenvalue weighted by molar-refractivity contribution is 8.00. The fraction of sp³-hybridized carbons (Fsp3) is 0.273. The molecule has 0 aromatic heterocycles. The van der Waals surface area contributed by atoms with Crippen LogP contribution in [-0.4, -0.2) is 23.8 Å². The van der Waals surface area contributed by atoms with Gasteiger partial charge in [-0.25, -0.2) is 0 Å². The Morgan fingerprint density at radius 2 is 2.25 bits per heavy atom. The van der Waals surface area contributed by atoms with E-state index in [1.807, 2.05) is 19.1 Å². The first kappa shape index (κ1) is 10.2. The zero-order valence-electron chi connectivity index (χ0n) is 8.77. The van der Waals surface area contributed by atoms with Crippen LogP contribution in [0.5, 0.6) is 0 Å². The lowest BCUT2D eigenvalue weighted by Gasteiger charge is -2.33. The largest absolute Gasteiger partial charge is 0.321 e. The van der Waals surface area contributed by atoms with Crippen LogP contribution >= 0.6 is 23.4 Å². The van der Waals surface area contributed by atoms with E-state index in [1.54, 1.807) is 11.8 Å². The molecule has 0 aliphatic carbocycles. The molecule has 16 heavy (non-hydrogen) atoms. The topological polar surface area (TPSA) is 28.0 Å². The van der Waals surface area contributed by atoms with Crippen molar-refractivity contribution in [2.45, 2.75) is 11.8 Å². The predicted molar refractivity (Wildman–Crippen MR) is 70.1 cm³/mol. The molecule has 0 fully saturated rings. The predicted octanol–water partition coefficient (Wildman–Crippen LogP) is 3.04. The van der Waals surface area contributed by atoms with Gasteiger partial charge in [-0.3, -0.25) is 0 Å². The number of rotatable bonds is 0. The van der Waals surface area contributed by atoms with Gasteiger partial charge in [0.1, 0.15) is 5.84 Å². The third-order valence-corrected chi connectivity index (χ3v) is 3.88. The number of fused-ring (bicyclic) bond motifs is 3. The van der Waals surface area contributed by atoms with E-state index in [4.69, 9.17) is 11.6 Å². The maximum absolute atomic E-state index is 5.99. The third-order valence-electron chi connectivity index (χ3n) is 2.60. The van der Waals surface area contributed by atoms with Crippen LogP contribution in [-0.2, 0) is 0 Å². The summed E-state index contributed by atoms with van der Waals surface area (Å²) in [6, 6.07) is 5.99. The molecule has 0 saturated carbocycles. The van der Waals surface area contributed by atoms with Gasteiger partial charge < -0.3 is 4.90 Å². The fourth-order valence-electron chi connectivity index (χ4n) is 1.85. The minimum atomic E-state index is 0.786. The Morgan fingerprint density at radius 3 is 3.12 bits per heavy atom. The van der Waals surface area contributed by atoms with Gasteiger partial charge in [0.15, 0.2) is 0 Å². The number of nitrogens with zero attached hydrogens (tertiary/aromatic N) is 3. The molecule has 0 spiro atoms. The number of amidine groups is 1. The van der Waals surface area contributed by atoms with Crippen LogP contribution in [0.25, 0.3) is 0 Å². The molecule has 0 saturated heterocycles. The van der Waals surface area contributed by atoms with E-state index >= 15 is 0 Å². The minimum Gasteiger partial charge on any atom is -0.321 e. The van der Waals surface area contributed by atoms with Crippen LogP contribution < -0.4 is 4.90 Å². The molecule has 2 aliphatic heterocycles. The Bertz CT molecular complexity index is 510. The second kappa shape index (κ2) is 3.79. The molecule has 1 aromatic rings. The van der Waals surface area contributed by atoms with Gasteiger partial charge in [-0.1, -0.05) is 11.6 Å².